The van der Waals surface area contributed by atoms with Crippen molar-refractivity contribution < 1.29 is 14.1 Å². The quantitative estimate of drug-likeness (QED) is 0.361. The van der Waals surface area contributed by atoms with E-state index in [4.69, 9.17) is 16.0 Å². The second kappa shape index (κ2) is 8.18. The number of benzene rings is 2. The van der Waals surface area contributed by atoms with E-state index in [2.05, 4.69) is 15.4 Å². The van der Waals surface area contributed by atoms with E-state index in [0.717, 1.165) is 10.2 Å². The van der Waals surface area contributed by atoms with Gasteiger partial charge >= 0.3 is 0 Å². The van der Waals surface area contributed by atoms with Crippen molar-refractivity contribution in [2.24, 2.45) is 0 Å². The van der Waals surface area contributed by atoms with Crippen molar-refractivity contribution >= 4 is 29.1 Å². The molecule has 0 saturated carbocycles. The number of carbonyl (C=O) groups excluding carboxylic acids is 1. The Labute approximate surface area is 175 Å². The summed E-state index contributed by atoms with van der Waals surface area (Å²) in [7, 11) is 0. The first kappa shape index (κ1) is 19.3. The van der Waals surface area contributed by atoms with Crippen LogP contribution in [0.4, 0.5) is 11.6 Å². The van der Waals surface area contributed by atoms with Crippen LogP contribution in [0.5, 0.6) is 0 Å². The summed E-state index contributed by atoms with van der Waals surface area (Å²) in [4.78, 5) is 27.9. The lowest BCUT2D eigenvalue weighted by Gasteiger charge is -2.08. The molecular weight excluding hydrogens is 410 g/mol. The van der Waals surface area contributed by atoms with Gasteiger partial charge in [-0.25, -0.2) is 0 Å². The molecule has 0 saturated heterocycles. The zero-order chi connectivity index (χ0) is 21.1. The summed E-state index contributed by atoms with van der Waals surface area (Å²) in [6, 6.07) is 16.0. The molecule has 0 radical (unpaired) electrons. The first-order chi connectivity index (χ1) is 14.5. The molecule has 2 aromatic heterocycles. The average molecular weight is 424 g/mol. The van der Waals surface area contributed by atoms with E-state index in [1.54, 1.807) is 18.2 Å². The molecule has 4 aromatic rings. The van der Waals surface area contributed by atoms with Crippen LogP contribution in [0, 0.1) is 10.1 Å². The van der Waals surface area contributed by atoms with Gasteiger partial charge < -0.3 is 9.73 Å². The van der Waals surface area contributed by atoms with Crippen LogP contribution in [0.25, 0.3) is 11.6 Å². The van der Waals surface area contributed by atoms with Crippen molar-refractivity contribution in [3.8, 4) is 11.6 Å². The number of anilines is 1. The number of aromatic nitrogens is 3. The predicted molar refractivity (Wildman–Crippen MR) is 109 cm³/mol. The number of hydrogen-bond acceptors (Lipinski definition) is 7. The summed E-state index contributed by atoms with van der Waals surface area (Å²) in [5.74, 6) is 0.144. The third-order valence-electron chi connectivity index (χ3n) is 4.24. The summed E-state index contributed by atoms with van der Waals surface area (Å²) in [5.41, 5.74) is 0.703. The van der Waals surface area contributed by atoms with Crippen LogP contribution in [0.1, 0.15) is 15.9 Å². The topological polar surface area (TPSA) is 116 Å². The number of halogens is 1. The Morgan fingerprint density at radius 3 is 2.73 bits per heavy atom. The average Bonchev–Trinajstić information content (AvgIpc) is 3.42. The van der Waals surface area contributed by atoms with Gasteiger partial charge in [0.25, 0.3) is 11.6 Å². The fourth-order valence-corrected chi connectivity index (χ4v) is 2.97. The van der Waals surface area contributed by atoms with Gasteiger partial charge in [-0.15, -0.1) is 5.10 Å². The van der Waals surface area contributed by atoms with E-state index in [0.29, 0.717) is 10.8 Å². The number of rotatable bonds is 6. The Bertz CT molecular complexity index is 1220. The monoisotopic (exact) mass is 423 g/mol. The van der Waals surface area contributed by atoms with Gasteiger partial charge in [0.1, 0.15) is 0 Å². The zero-order valence-corrected chi connectivity index (χ0v) is 16.1. The highest BCUT2D eigenvalue weighted by Crippen LogP contribution is 2.22. The minimum Gasteiger partial charge on any atom is -0.461 e. The molecule has 10 heteroatoms. The van der Waals surface area contributed by atoms with Gasteiger partial charge in [0.15, 0.2) is 5.76 Å². The van der Waals surface area contributed by atoms with E-state index >= 15 is 0 Å². The number of hydrogen-bond donors (Lipinski definition) is 1. The lowest BCUT2D eigenvalue weighted by atomic mass is 10.2. The maximum absolute atomic E-state index is 13.0. The third kappa shape index (κ3) is 3.91. The Morgan fingerprint density at radius 2 is 2.00 bits per heavy atom. The van der Waals surface area contributed by atoms with Crippen LogP contribution in [0.15, 0.2) is 71.3 Å². The third-order valence-corrected chi connectivity index (χ3v) is 4.61. The second-order valence-electron chi connectivity index (χ2n) is 6.21. The summed E-state index contributed by atoms with van der Waals surface area (Å²) in [6.07, 6.45) is 1.47. The number of non-ortho nitro benzene ring substituents is 1. The second-order valence-corrected chi connectivity index (χ2v) is 6.61. The van der Waals surface area contributed by atoms with Crippen molar-refractivity contribution in [2.75, 3.05) is 5.32 Å². The number of nitro groups is 1. The molecule has 0 aliphatic heterocycles. The lowest BCUT2D eigenvalue weighted by molar-refractivity contribution is -0.384. The van der Waals surface area contributed by atoms with Crippen molar-refractivity contribution in [1.29, 1.82) is 0 Å². The highest BCUT2D eigenvalue weighted by Gasteiger charge is 2.21. The Hall–Kier alpha value is -3.98. The normalized spacial score (nSPS) is 10.7. The minimum absolute atomic E-state index is 0.0980. The maximum Gasteiger partial charge on any atom is 0.281 e. The van der Waals surface area contributed by atoms with Gasteiger partial charge in [-0.05, 0) is 29.8 Å². The number of furan rings is 1. The van der Waals surface area contributed by atoms with Crippen molar-refractivity contribution in [3.63, 3.8) is 0 Å². The molecular formula is C20H14ClN5O4. The molecule has 2 aromatic carbocycles. The molecule has 0 unspecified atom stereocenters. The van der Waals surface area contributed by atoms with Crippen LogP contribution < -0.4 is 5.32 Å². The number of nitrogens with one attached hydrogen (secondary N) is 1. The van der Waals surface area contributed by atoms with Gasteiger partial charge in [-0.1, -0.05) is 35.9 Å². The van der Waals surface area contributed by atoms with Crippen LogP contribution in [-0.2, 0) is 6.54 Å². The highest BCUT2D eigenvalue weighted by atomic mass is 35.5. The molecule has 0 bridgehead atoms. The SMILES string of the molecule is O=C(c1cccc([N+](=O)[O-])c1)n1nc(-c2ccco2)nc1NCc1ccccc1Cl. The highest BCUT2D eigenvalue weighted by molar-refractivity contribution is 6.31. The Morgan fingerprint density at radius 1 is 1.17 bits per heavy atom. The van der Waals surface area contributed by atoms with E-state index < -0.39 is 10.8 Å². The smallest absolute Gasteiger partial charge is 0.281 e. The van der Waals surface area contributed by atoms with Gasteiger partial charge in [-0.3, -0.25) is 14.9 Å². The maximum atomic E-state index is 13.0. The van der Waals surface area contributed by atoms with E-state index in [9.17, 15) is 14.9 Å². The summed E-state index contributed by atoms with van der Waals surface area (Å²) in [5, 5.41) is 18.9. The van der Waals surface area contributed by atoms with Gasteiger partial charge in [-0.2, -0.15) is 9.67 Å². The summed E-state index contributed by atoms with van der Waals surface area (Å²) < 4.78 is 6.37. The molecule has 0 spiro atoms. The first-order valence-corrected chi connectivity index (χ1v) is 9.18. The summed E-state index contributed by atoms with van der Waals surface area (Å²) >= 11 is 6.19. The molecule has 9 nitrogen and oxygen atoms in total. The number of carbonyl (C=O) groups is 1. The standard InChI is InChI=1S/C20H14ClN5O4/c21-16-8-2-1-5-14(16)12-22-20-23-18(17-9-4-10-30-17)24-25(20)19(27)13-6-3-7-15(11-13)26(28)29/h1-11H,12H2,(H,22,23,24). The largest absolute Gasteiger partial charge is 0.461 e. The molecule has 0 amide bonds. The minimum atomic E-state index is -0.578. The fraction of sp³-hybridized carbons (Fsp3) is 0.0500. The van der Waals surface area contributed by atoms with Gasteiger partial charge in [0, 0.05) is 29.3 Å². The van der Waals surface area contributed by atoms with Crippen LogP contribution >= 0.6 is 11.6 Å². The van der Waals surface area contributed by atoms with E-state index in [1.807, 2.05) is 18.2 Å². The number of nitrogens with zero attached hydrogens (tertiary/aromatic N) is 4. The summed E-state index contributed by atoms with van der Waals surface area (Å²) in [6.45, 7) is 0.290. The fourth-order valence-electron chi connectivity index (χ4n) is 2.77. The van der Waals surface area contributed by atoms with Crippen molar-refractivity contribution in [2.45, 2.75) is 6.54 Å². The van der Waals surface area contributed by atoms with Gasteiger partial charge in [0.2, 0.25) is 11.8 Å². The van der Waals surface area contributed by atoms with Gasteiger partial charge in [0.05, 0.1) is 11.2 Å². The van der Waals surface area contributed by atoms with E-state index in [1.165, 1.54) is 30.5 Å². The molecule has 30 heavy (non-hydrogen) atoms. The molecule has 150 valence electrons. The first-order valence-electron chi connectivity index (χ1n) is 8.80. The molecule has 4 rings (SSSR count). The van der Waals surface area contributed by atoms with E-state index in [-0.39, 0.29) is 29.6 Å². The zero-order valence-electron chi connectivity index (χ0n) is 15.4. The molecule has 0 atom stereocenters. The van der Waals surface area contributed by atoms with Crippen molar-refractivity contribution in [1.82, 2.24) is 14.8 Å². The van der Waals surface area contributed by atoms with Crippen LogP contribution in [-0.4, -0.2) is 25.6 Å². The lowest BCUT2D eigenvalue weighted by Crippen LogP contribution is -2.17. The van der Waals surface area contributed by atoms with Crippen LogP contribution in [0.2, 0.25) is 5.02 Å². The molecule has 2 heterocycles. The number of nitro benzene ring substituents is 1. The molecule has 0 fully saturated rings. The predicted octanol–water partition coefficient (Wildman–Crippen LogP) is 4.40. The molecule has 1 N–H and O–H groups in total. The Kier molecular flexibility index (Phi) is 5.27. The van der Waals surface area contributed by atoms with Crippen LogP contribution in [0.3, 0.4) is 0 Å². The molecule has 0 aliphatic rings. The molecule has 0 aliphatic carbocycles. The Balaban J connectivity index is 1.70. The van der Waals surface area contributed by atoms with Crippen molar-refractivity contribution in [3.05, 3.63) is 93.2 Å².